The van der Waals surface area contributed by atoms with Gasteiger partial charge in [-0.05, 0) is 57.2 Å². The SMILES string of the molecule is CC(C)(C)OC(=O)c1ccc(-n2sc3ccccc3c2=O)cc1. The predicted molar refractivity (Wildman–Crippen MR) is 92.6 cm³/mol. The highest BCUT2D eigenvalue weighted by Crippen LogP contribution is 2.20. The number of rotatable bonds is 2. The molecule has 118 valence electrons. The monoisotopic (exact) mass is 327 g/mol. The molecule has 0 fully saturated rings. The van der Waals surface area contributed by atoms with Gasteiger partial charge in [-0.25, -0.2) is 8.75 Å². The Labute approximate surface area is 138 Å². The molecule has 23 heavy (non-hydrogen) atoms. The van der Waals surface area contributed by atoms with Crippen molar-refractivity contribution in [3.05, 3.63) is 64.4 Å². The number of nitrogens with zero attached hydrogens (tertiary/aromatic N) is 1. The molecular formula is C18H17NO3S. The number of fused-ring (bicyclic) bond motifs is 1. The van der Waals surface area contributed by atoms with Crippen LogP contribution in [0.15, 0.2) is 53.3 Å². The van der Waals surface area contributed by atoms with E-state index in [1.165, 1.54) is 11.5 Å². The van der Waals surface area contributed by atoms with E-state index < -0.39 is 5.60 Å². The summed E-state index contributed by atoms with van der Waals surface area (Å²) in [6.45, 7) is 5.49. The summed E-state index contributed by atoms with van der Waals surface area (Å²) >= 11 is 1.39. The first-order valence-corrected chi connectivity index (χ1v) is 8.07. The molecule has 1 aromatic heterocycles. The Balaban J connectivity index is 1.94. The van der Waals surface area contributed by atoms with Gasteiger partial charge in [0.1, 0.15) is 5.60 Å². The summed E-state index contributed by atoms with van der Waals surface area (Å²) in [5.74, 6) is -0.368. The van der Waals surface area contributed by atoms with E-state index in [1.54, 1.807) is 28.2 Å². The molecule has 0 radical (unpaired) electrons. The standard InChI is InChI=1S/C18H17NO3S/c1-18(2,3)22-17(21)12-8-10-13(11-9-12)19-16(20)14-6-4-5-7-15(14)23-19/h4-11H,1-3H3. The van der Waals surface area contributed by atoms with E-state index in [2.05, 4.69) is 0 Å². The van der Waals surface area contributed by atoms with Crippen molar-refractivity contribution >= 4 is 27.6 Å². The van der Waals surface area contributed by atoms with Crippen molar-refractivity contribution in [3.8, 4) is 5.69 Å². The fraction of sp³-hybridized carbons (Fsp3) is 0.222. The van der Waals surface area contributed by atoms with Crippen molar-refractivity contribution in [2.75, 3.05) is 0 Å². The van der Waals surface area contributed by atoms with E-state index in [1.807, 2.05) is 45.0 Å². The van der Waals surface area contributed by atoms with E-state index in [9.17, 15) is 9.59 Å². The lowest BCUT2D eigenvalue weighted by Gasteiger charge is -2.19. The number of hydrogen-bond acceptors (Lipinski definition) is 4. The van der Waals surface area contributed by atoms with E-state index in [0.717, 1.165) is 10.4 Å². The van der Waals surface area contributed by atoms with Crippen molar-refractivity contribution in [1.29, 1.82) is 0 Å². The summed E-state index contributed by atoms with van der Waals surface area (Å²) in [5.41, 5.74) is 0.634. The van der Waals surface area contributed by atoms with Gasteiger partial charge >= 0.3 is 5.97 Å². The van der Waals surface area contributed by atoms with Gasteiger partial charge in [-0.2, -0.15) is 0 Å². The van der Waals surface area contributed by atoms with Crippen LogP contribution in [0.5, 0.6) is 0 Å². The third-order valence-electron chi connectivity index (χ3n) is 3.23. The molecular weight excluding hydrogens is 310 g/mol. The van der Waals surface area contributed by atoms with Gasteiger partial charge in [-0.1, -0.05) is 23.7 Å². The molecule has 0 aliphatic carbocycles. The summed E-state index contributed by atoms with van der Waals surface area (Å²) in [7, 11) is 0. The fourth-order valence-electron chi connectivity index (χ4n) is 2.21. The molecule has 0 saturated heterocycles. The smallest absolute Gasteiger partial charge is 0.338 e. The molecule has 0 aliphatic heterocycles. The zero-order chi connectivity index (χ0) is 16.6. The fourth-order valence-corrected chi connectivity index (χ4v) is 3.21. The number of carbonyl (C=O) groups excluding carboxylic acids is 1. The van der Waals surface area contributed by atoms with Crippen LogP contribution in [0.25, 0.3) is 15.8 Å². The third kappa shape index (κ3) is 3.19. The van der Waals surface area contributed by atoms with Crippen LogP contribution in [-0.2, 0) is 4.74 Å². The number of ether oxygens (including phenoxy) is 1. The quantitative estimate of drug-likeness (QED) is 0.668. The molecule has 0 amide bonds. The highest BCUT2D eigenvalue weighted by atomic mass is 32.1. The van der Waals surface area contributed by atoms with Crippen molar-refractivity contribution < 1.29 is 9.53 Å². The maximum atomic E-state index is 12.4. The average Bonchev–Trinajstić information content (AvgIpc) is 2.83. The molecule has 5 heteroatoms. The normalized spacial score (nSPS) is 11.6. The molecule has 0 aliphatic rings. The Morgan fingerprint density at radius 3 is 2.30 bits per heavy atom. The minimum absolute atomic E-state index is 0.0457. The van der Waals surface area contributed by atoms with Crippen LogP contribution in [0.3, 0.4) is 0 Å². The Morgan fingerprint density at radius 2 is 1.70 bits per heavy atom. The number of benzene rings is 2. The lowest BCUT2D eigenvalue weighted by atomic mass is 10.1. The van der Waals surface area contributed by atoms with Gasteiger partial charge in [0.05, 0.1) is 21.3 Å². The minimum atomic E-state index is -0.530. The maximum Gasteiger partial charge on any atom is 0.338 e. The van der Waals surface area contributed by atoms with Crippen LogP contribution in [0.2, 0.25) is 0 Å². The summed E-state index contributed by atoms with van der Waals surface area (Å²) in [6, 6.07) is 14.4. The Hall–Kier alpha value is -2.40. The molecule has 0 spiro atoms. The maximum absolute atomic E-state index is 12.4. The molecule has 1 heterocycles. The van der Waals surface area contributed by atoms with Crippen LogP contribution < -0.4 is 5.56 Å². The lowest BCUT2D eigenvalue weighted by Crippen LogP contribution is -2.23. The molecule has 3 aromatic rings. The van der Waals surface area contributed by atoms with Gasteiger partial charge in [-0.15, -0.1) is 0 Å². The molecule has 4 nitrogen and oxygen atoms in total. The van der Waals surface area contributed by atoms with E-state index in [-0.39, 0.29) is 11.5 Å². The van der Waals surface area contributed by atoms with Crippen molar-refractivity contribution in [2.24, 2.45) is 0 Å². The summed E-state index contributed by atoms with van der Waals surface area (Å²) in [4.78, 5) is 24.4. The third-order valence-corrected chi connectivity index (χ3v) is 4.34. The van der Waals surface area contributed by atoms with Crippen molar-refractivity contribution in [2.45, 2.75) is 26.4 Å². The number of carbonyl (C=O) groups is 1. The van der Waals surface area contributed by atoms with Crippen molar-refractivity contribution in [3.63, 3.8) is 0 Å². The predicted octanol–water partition coefficient (Wildman–Crippen LogP) is 4.01. The second-order valence-electron chi connectivity index (χ2n) is 6.24. The van der Waals surface area contributed by atoms with Crippen LogP contribution in [-0.4, -0.2) is 15.5 Å². The van der Waals surface area contributed by atoms with Crippen LogP contribution in [0.1, 0.15) is 31.1 Å². The molecule has 0 N–H and O–H groups in total. The van der Waals surface area contributed by atoms with Crippen LogP contribution in [0.4, 0.5) is 0 Å². The average molecular weight is 327 g/mol. The second-order valence-corrected chi connectivity index (χ2v) is 7.22. The molecule has 0 unspecified atom stereocenters. The Bertz CT molecular complexity index is 914. The zero-order valence-electron chi connectivity index (χ0n) is 13.2. The van der Waals surface area contributed by atoms with Gasteiger partial charge in [0, 0.05) is 0 Å². The zero-order valence-corrected chi connectivity index (χ0v) is 14.0. The van der Waals surface area contributed by atoms with E-state index in [4.69, 9.17) is 4.74 Å². The summed E-state index contributed by atoms with van der Waals surface area (Å²) in [6.07, 6.45) is 0. The van der Waals surface area contributed by atoms with Crippen molar-refractivity contribution in [1.82, 2.24) is 3.96 Å². The van der Waals surface area contributed by atoms with Gasteiger partial charge < -0.3 is 4.74 Å². The van der Waals surface area contributed by atoms with Gasteiger partial charge in [-0.3, -0.25) is 4.79 Å². The molecule has 2 aromatic carbocycles. The second kappa shape index (κ2) is 5.66. The first-order valence-electron chi connectivity index (χ1n) is 7.30. The van der Waals surface area contributed by atoms with Gasteiger partial charge in [0.25, 0.3) is 5.56 Å². The summed E-state index contributed by atoms with van der Waals surface area (Å²) < 4.78 is 7.90. The minimum Gasteiger partial charge on any atom is -0.456 e. The molecule has 0 bridgehead atoms. The number of hydrogen-bond donors (Lipinski definition) is 0. The topological polar surface area (TPSA) is 48.3 Å². The van der Waals surface area contributed by atoms with Gasteiger partial charge in [0.15, 0.2) is 0 Å². The lowest BCUT2D eigenvalue weighted by molar-refractivity contribution is 0.00696. The van der Waals surface area contributed by atoms with Crippen LogP contribution >= 0.6 is 11.5 Å². The Morgan fingerprint density at radius 1 is 1.04 bits per heavy atom. The van der Waals surface area contributed by atoms with E-state index in [0.29, 0.717) is 10.9 Å². The number of esters is 1. The highest BCUT2D eigenvalue weighted by molar-refractivity contribution is 7.14. The largest absolute Gasteiger partial charge is 0.456 e. The van der Waals surface area contributed by atoms with Crippen LogP contribution in [0, 0.1) is 0 Å². The summed E-state index contributed by atoms with van der Waals surface area (Å²) in [5, 5.41) is 0.703. The van der Waals surface area contributed by atoms with E-state index >= 15 is 0 Å². The molecule has 0 saturated carbocycles. The number of aromatic nitrogens is 1. The Kier molecular flexibility index (Phi) is 3.82. The molecule has 0 atom stereocenters. The first kappa shape index (κ1) is 15.5. The molecule has 3 rings (SSSR count). The first-order chi connectivity index (χ1) is 10.8. The van der Waals surface area contributed by atoms with Gasteiger partial charge in [0.2, 0.25) is 0 Å². The highest BCUT2D eigenvalue weighted by Gasteiger charge is 2.18.